The number of hydrogen-bond donors (Lipinski definition) is 0. The summed E-state index contributed by atoms with van der Waals surface area (Å²) >= 11 is 8.10. The smallest absolute Gasteiger partial charge is 0.186 e. The van der Waals surface area contributed by atoms with Gasteiger partial charge >= 0.3 is 0 Å². The number of anilines is 2. The zero-order chi connectivity index (χ0) is 15.8. The molecule has 118 valence electrons. The van der Waals surface area contributed by atoms with E-state index in [2.05, 4.69) is 41.0 Å². The van der Waals surface area contributed by atoms with E-state index < -0.39 is 0 Å². The minimum absolute atomic E-state index is 0.830. The van der Waals surface area contributed by atoms with E-state index in [1.54, 1.807) is 11.3 Å². The van der Waals surface area contributed by atoms with Gasteiger partial charge in [0.15, 0.2) is 5.13 Å². The van der Waals surface area contributed by atoms with E-state index in [9.17, 15) is 0 Å². The molecule has 3 aromatic rings. The van der Waals surface area contributed by atoms with E-state index in [0.717, 1.165) is 47.5 Å². The van der Waals surface area contributed by atoms with E-state index in [1.165, 1.54) is 10.3 Å². The van der Waals surface area contributed by atoms with Crippen LogP contribution < -0.4 is 9.80 Å². The van der Waals surface area contributed by atoms with Crippen molar-refractivity contribution < 1.29 is 0 Å². The molecule has 0 unspecified atom stereocenters. The number of halogens is 1. The van der Waals surface area contributed by atoms with Gasteiger partial charge in [0.25, 0.3) is 0 Å². The highest BCUT2D eigenvalue weighted by Crippen LogP contribution is 2.32. The average molecular weight is 344 g/mol. The van der Waals surface area contributed by atoms with Gasteiger partial charge in [-0.3, -0.25) is 0 Å². The van der Waals surface area contributed by atoms with Crippen molar-refractivity contribution >= 4 is 44.0 Å². The first kappa shape index (κ1) is 14.8. The highest BCUT2D eigenvalue weighted by atomic mass is 35.5. The molecule has 1 aromatic heterocycles. The van der Waals surface area contributed by atoms with Crippen LogP contribution in [0.2, 0.25) is 5.02 Å². The average Bonchev–Trinajstić information content (AvgIpc) is 3.01. The predicted octanol–water partition coefficient (Wildman–Crippen LogP) is 4.58. The summed E-state index contributed by atoms with van der Waals surface area (Å²) in [5.41, 5.74) is 3.52. The van der Waals surface area contributed by atoms with Crippen LogP contribution in [-0.4, -0.2) is 31.2 Å². The number of para-hydroxylation sites is 2. The molecule has 0 aliphatic carbocycles. The third-order valence-corrected chi connectivity index (χ3v) is 5.75. The summed E-state index contributed by atoms with van der Waals surface area (Å²) in [6, 6.07) is 14.5. The SMILES string of the molecule is Cc1cccc2sc(N3CCN(c4ccccc4Cl)CC3)nc12. The Balaban J connectivity index is 1.53. The molecule has 2 aromatic carbocycles. The van der Waals surface area contributed by atoms with E-state index in [0.29, 0.717) is 0 Å². The number of aromatic nitrogens is 1. The largest absolute Gasteiger partial charge is 0.367 e. The lowest BCUT2D eigenvalue weighted by molar-refractivity contribution is 0.652. The van der Waals surface area contributed by atoms with E-state index in [-0.39, 0.29) is 0 Å². The van der Waals surface area contributed by atoms with Crippen molar-refractivity contribution in [2.45, 2.75) is 6.92 Å². The van der Waals surface area contributed by atoms with Gasteiger partial charge in [-0.1, -0.05) is 47.2 Å². The first-order chi connectivity index (χ1) is 11.2. The molecule has 0 radical (unpaired) electrons. The maximum absolute atomic E-state index is 6.32. The van der Waals surface area contributed by atoms with Crippen molar-refractivity contribution in [1.82, 2.24) is 4.98 Å². The lowest BCUT2D eigenvalue weighted by atomic mass is 10.2. The second kappa shape index (κ2) is 6.02. The molecule has 4 rings (SSSR count). The molecule has 0 bridgehead atoms. The summed E-state index contributed by atoms with van der Waals surface area (Å²) < 4.78 is 1.27. The van der Waals surface area contributed by atoms with Gasteiger partial charge in [0.05, 0.1) is 20.9 Å². The summed E-state index contributed by atoms with van der Waals surface area (Å²) in [4.78, 5) is 9.60. The van der Waals surface area contributed by atoms with Crippen LogP contribution >= 0.6 is 22.9 Å². The molecular weight excluding hydrogens is 326 g/mol. The van der Waals surface area contributed by atoms with Gasteiger partial charge in [0.1, 0.15) is 0 Å². The molecule has 2 heterocycles. The number of benzene rings is 2. The molecule has 3 nitrogen and oxygen atoms in total. The summed E-state index contributed by atoms with van der Waals surface area (Å²) in [6.45, 7) is 6.02. The predicted molar refractivity (Wildman–Crippen MR) is 100 cm³/mol. The number of rotatable bonds is 2. The number of aryl methyl sites for hydroxylation is 1. The second-order valence-corrected chi connectivity index (χ2v) is 7.26. The molecule has 0 amide bonds. The fourth-order valence-electron chi connectivity index (χ4n) is 3.06. The lowest BCUT2D eigenvalue weighted by Crippen LogP contribution is -2.46. The number of piperazine rings is 1. The van der Waals surface area contributed by atoms with Crippen LogP contribution in [0.5, 0.6) is 0 Å². The Morgan fingerprint density at radius 2 is 1.70 bits per heavy atom. The number of hydrogen-bond acceptors (Lipinski definition) is 4. The summed E-state index contributed by atoms with van der Waals surface area (Å²) in [6.07, 6.45) is 0. The Bertz CT molecular complexity index is 837. The minimum Gasteiger partial charge on any atom is -0.367 e. The highest BCUT2D eigenvalue weighted by molar-refractivity contribution is 7.22. The Kier molecular flexibility index (Phi) is 3.87. The van der Waals surface area contributed by atoms with Gasteiger partial charge in [0.2, 0.25) is 0 Å². The highest BCUT2D eigenvalue weighted by Gasteiger charge is 2.21. The third-order valence-electron chi connectivity index (χ3n) is 4.35. The third kappa shape index (κ3) is 2.77. The monoisotopic (exact) mass is 343 g/mol. The van der Waals surface area contributed by atoms with Crippen LogP contribution in [0.3, 0.4) is 0 Å². The van der Waals surface area contributed by atoms with Crippen molar-refractivity contribution in [2.75, 3.05) is 36.0 Å². The first-order valence-corrected chi connectivity index (χ1v) is 9.02. The quantitative estimate of drug-likeness (QED) is 0.678. The van der Waals surface area contributed by atoms with Crippen LogP contribution in [0.25, 0.3) is 10.2 Å². The molecule has 23 heavy (non-hydrogen) atoms. The molecule has 0 spiro atoms. The molecule has 1 aliphatic rings. The van der Waals surface area contributed by atoms with Gasteiger partial charge < -0.3 is 9.80 Å². The van der Waals surface area contributed by atoms with Crippen LogP contribution in [0.15, 0.2) is 42.5 Å². The van der Waals surface area contributed by atoms with E-state index >= 15 is 0 Å². The molecule has 1 saturated heterocycles. The zero-order valence-electron chi connectivity index (χ0n) is 13.0. The summed E-state index contributed by atoms with van der Waals surface area (Å²) in [5.74, 6) is 0. The standard InChI is InChI=1S/C18H18ClN3S/c1-13-5-4-8-16-17(13)20-18(23-16)22-11-9-21(10-12-22)15-7-3-2-6-14(15)19/h2-8H,9-12H2,1H3. The lowest BCUT2D eigenvalue weighted by Gasteiger charge is -2.36. The summed E-state index contributed by atoms with van der Waals surface area (Å²) in [5, 5.41) is 1.96. The van der Waals surface area contributed by atoms with Gasteiger partial charge in [-0.2, -0.15) is 0 Å². The van der Waals surface area contributed by atoms with Crippen LogP contribution in [-0.2, 0) is 0 Å². The number of thiazole rings is 1. The maximum atomic E-state index is 6.32. The summed E-state index contributed by atoms with van der Waals surface area (Å²) in [7, 11) is 0. The van der Waals surface area contributed by atoms with Gasteiger partial charge in [-0.25, -0.2) is 4.98 Å². The van der Waals surface area contributed by atoms with Gasteiger partial charge in [-0.15, -0.1) is 0 Å². The number of nitrogens with zero attached hydrogens (tertiary/aromatic N) is 3. The second-order valence-electron chi connectivity index (χ2n) is 5.84. The molecule has 0 saturated carbocycles. The minimum atomic E-state index is 0.830. The number of fused-ring (bicyclic) bond motifs is 1. The van der Waals surface area contributed by atoms with Crippen molar-refractivity contribution in [2.24, 2.45) is 0 Å². The van der Waals surface area contributed by atoms with Crippen molar-refractivity contribution in [3.05, 3.63) is 53.1 Å². The Labute approximate surface area is 145 Å². The Hall–Kier alpha value is -1.78. The molecule has 0 atom stereocenters. The first-order valence-electron chi connectivity index (χ1n) is 7.83. The molecule has 1 aliphatic heterocycles. The molecule has 0 N–H and O–H groups in total. The van der Waals surface area contributed by atoms with Crippen molar-refractivity contribution in [3.8, 4) is 0 Å². The fraction of sp³-hybridized carbons (Fsp3) is 0.278. The van der Waals surface area contributed by atoms with Crippen LogP contribution in [0, 0.1) is 6.92 Å². The van der Waals surface area contributed by atoms with Crippen molar-refractivity contribution in [1.29, 1.82) is 0 Å². The van der Waals surface area contributed by atoms with Crippen molar-refractivity contribution in [3.63, 3.8) is 0 Å². The van der Waals surface area contributed by atoms with Crippen LogP contribution in [0.4, 0.5) is 10.8 Å². The molecule has 5 heteroatoms. The topological polar surface area (TPSA) is 19.4 Å². The maximum Gasteiger partial charge on any atom is 0.186 e. The molecular formula is C18H18ClN3S. The van der Waals surface area contributed by atoms with Crippen LogP contribution in [0.1, 0.15) is 5.56 Å². The zero-order valence-corrected chi connectivity index (χ0v) is 14.6. The van der Waals surface area contributed by atoms with E-state index in [1.807, 2.05) is 18.2 Å². The van der Waals surface area contributed by atoms with Gasteiger partial charge in [0, 0.05) is 26.2 Å². The Morgan fingerprint density at radius 1 is 0.957 bits per heavy atom. The molecule has 1 fully saturated rings. The van der Waals surface area contributed by atoms with E-state index in [4.69, 9.17) is 16.6 Å². The normalized spacial score (nSPS) is 15.4. The fourth-order valence-corrected chi connectivity index (χ4v) is 4.41. The Morgan fingerprint density at radius 3 is 2.43 bits per heavy atom. The van der Waals surface area contributed by atoms with Gasteiger partial charge in [-0.05, 0) is 30.7 Å².